The number of aromatic amines is 1. The Morgan fingerprint density at radius 2 is 2.03 bits per heavy atom. The first kappa shape index (κ1) is 18.9. The van der Waals surface area contributed by atoms with Crippen molar-refractivity contribution in [1.82, 2.24) is 19.7 Å². The van der Waals surface area contributed by atoms with Crippen LogP contribution in [0.15, 0.2) is 35.5 Å². The number of aromatic nitrogens is 4. The molecule has 1 unspecified atom stereocenters. The largest absolute Gasteiger partial charge is 0.496 e. The number of hydrogen-bond donors (Lipinski definition) is 2. The van der Waals surface area contributed by atoms with Gasteiger partial charge in [-0.2, -0.15) is 5.10 Å². The zero-order valence-electron chi connectivity index (χ0n) is 16.7. The van der Waals surface area contributed by atoms with Crippen LogP contribution < -0.4 is 10.2 Å². The molecule has 0 amide bonds. The lowest BCUT2D eigenvalue weighted by atomic mass is 9.78. The van der Waals surface area contributed by atoms with Crippen LogP contribution in [0.3, 0.4) is 0 Å². The maximum atomic E-state index is 12.5. The van der Waals surface area contributed by atoms with Gasteiger partial charge >= 0.3 is 5.97 Å². The van der Waals surface area contributed by atoms with Crippen molar-refractivity contribution in [2.24, 2.45) is 5.41 Å². The lowest BCUT2D eigenvalue weighted by Gasteiger charge is -2.39. The molecule has 0 saturated heterocycles. The van der Waals surface area contributed by atoms with Crippen molar-refractivity contribution in [3.8, 4) is 28.4 Å². The summed E-state index contributed by atoms with van der Waals surface area (Å²) in [6.45, 7) is 6.31. The van der Waals surface area contributed by atoms with Gasteiger partial charge in [0, 0.05) is 23.9 Å². The average Bonchev–Trinajstić information content (AvgIpc) is 3.19. The SMILES string of the molecule is COc1cc2c(cc1-c1nc[nH]n1)CC(C(C)(C)C)n1cc(C(=O)O)c(=O)cc1-2. The number of carbonyl (C=O) groups is 1. The molecule has 8 nitrogen and oxygen atoms in total. The van der Waals surface area contributed by atoms with Gasteiger partial charge in [-0.05, 0) is 29.5 Å². The molecule has 2 N–H and O–H groups in total. The van der Waals surface area contributed by atoms with Gasteiger partial charge in [0.05, 0.1) is 18.4 Å². The van der Waals surface area contributed by atoms with E-state index in [0.717, 1.165) is 16.7 Å². The summed E-state index contributed by atoms with van der Waals surface area (Å²) in [6, 6.07) is 5.24. The van der Waals surface area contributed by atoms with E-state index in [1.165, 1.54) is 18.6 Å². The lowest BCUT2D eigenvalue weighted by molar-refractivity contribution is 0.0693. The van der Waals surface area contributed by atoms with Crippen LogP contribution >= 0.6 is 0 Å². The zero-order chi connectivity index (χ0) is 20.9. The van der Waals surface area contributed by atoms with Crippen molar-refractivity contribution in [2.45, 2.75) is 33.2 Å². The summed E-state index contributed by atoms with van der Waals surface area (Å²) >= 11 is 0. The molecule has 1 aliphatic heterocycles. The number of nitrogens with zero attached hydrogens (tertiary/aromatic N) is 3. The Morgan fingerprint density at radius 3 is 2.62 bits per heavy atom. The Morgan fingerprint density at radius 1 is 1.28 bits per heavy atom. The predicted octanol–water partition coefficient (Wildman–Crippen LogP) is 3.15. The molecule has 1 atom stereocenters. The molecule has 0 radical (unpaired) electrons. The van der Waals surface area contributed by atoms with Gasteiger partial charge in [0.15, 0.2) is 11.3 Å². The van der Waals surface area contributed by atoms with E-state index < -0.39 is 11.4 Å². The number of benzene rings is 1. The van der Waals surface area contributed by atoms with E-state index in [2.05, 4.69) is 36.0 Å². The summed E-state index contributed by atoms with van der Waals surface area (Å²) in [6.07, 6.45) is 3.65. The molecule has 8 heteroatoms. The minimum atomic E-state index is -1.22. The number of carboxylic acid groups (broad SMARTS) is 1. The Balaban J connectivity index is 2.01. The van der Waals surface area contributed by atoms with Gasteiger partial charge in [0.1, 0.15) is 17.6 Å². The molecule has 0 bridgehead atoms. The van der Waals surface area contributed by atoms with E-state index in [4.69, 9.17) is 4.74 Å². The van der Waals surface area contributed by atoms with Crippen LogP contribution in [0.4, 0.5) is 0 Å². The van der Waals surface area contributed by atoms with Crippen LogP contribution in [-0.4, -0.2) is 37.9 Å². The molecule has 1 aromatic carbocycles. The van der Waals surface area contributed by atoms with Gasteiger partial charge in [-0.3, -0.25) is 9.89 Å². The molecular formula is C21H22N4O4. The second kappa shape index (κ2) is 6.58. The third-order valence-corrected chi connectivity index (χ3v) is 5.42. The number of pyridine rings is 1. The third-order valence-electron chi connectivity index (χ3n) is 5.42. The van der Waals surface area contributed by atoms with E-state index in [9.17, 15) is 14.7 Å². The van der Waals surface area contributed by atoms with Crippen LogP contribution in [0.2, 0.25) is 0 Å². The van der Waals surface area contributed by atoms with Crippen LogP contribution in [0, 0.1) is 5.41 Å². The van der Waals surface area contributed by atoms with Gasteiger partial charge in [0.2, 0.25) is 0 Å². The standard InChI is InChI=1S/C21H22N4O4/c1-21(2,3)18-6-11-5-13(19-22-10-23-24-19)17(29-4)7-12(11)15-8-16(26)14(20(27)28)9-25(15)18/h5,7-10,18H,6H2,1-4H3,(H,27,28)(H,22,23,24). The summed E-state index contributed by atoms with van der Waals surface area (Å²) in [7, 11) is 1.57. The maximum Gasteiger partial charge on any atom is 0.341 e. The van der Waals surface area contributed by atoms with Crippen LogP contribution in [0.5, 0.6) is 5.75 Å². The molecule has 0 fully saturated rings. The first-order chi connectivity index (χ1) is 13.7. The topological polar surface area (TPSA) is 110 Å². The number of nitrogens with one attached hydrogen (secondary N) is 1. The van der Waals surface area contributed by atoms with Crippen molar-refractivity contribution < 1.29 is 14.6 Å². The average molecular weight is 394 g/mol. The molecule has 29 heavy (non-hydrogen) atoms. The smallest absolute Gasteiger partial charge is 0.341 e. The number of carboxylic acids is 1. The van der Waals surface area contributed by atoms with Crippen molar-refractivity contribution in [3.63, 3.8) is 0 Å². The molecule has 2 aromatic heterocycles. The van der Waals surface area contributed by atoms with E-state index >= 15 is 0 Å². The Bertz CT molecular complexity index is 1160. The molecule has 150 valence electrons. The lowest BCUT2D eigenvalue weighted by Crippen LogP contribution is -2.32. The molecular weight excluding hydrogens is 372 g/mol. The van der Waals surface area contributed by atoms with Crippen molar-refractivity contribution in [2.75, 3.05) is 7.11 Å². The van der Waals surface area contributed by atoms with Crippen molar-refractivity contribution in [1.29, 1.82) is 0 Å². The highest BCUT2D eigenvalue weighted by molar-refractivity contribution is 5.88. The zero-order valence-corrected chi connectivity index (χ0v) is 16.7. The Hall–Kier alpha value is -3.42. The minimum absolute atomic E-state index is 0.0305. The third kappa shape index (κ3) is 3.10. The van der Waals surface area contributed by atoms with Crippen LogP contribution in [0.1, 0.15) is 42.7 Å². The fourth-order valence-corrected chi connectivity index (χ4v) is 3.93. The predicted molar refractivity (Wildman–Crippen MR) is 107 cm³/mol. The highest BCUT2D eigenvalue weighted by atomic mass is 16.5. The highest BCUT2D eigenvalue weighted by Crippen LogP contribution is 2.45. The van der Waals surface area contributed by atoms with E-state index in [-0.39, 0.29) is 17.0 Å². The highest BCUT2D eigenvalue weighted by Gasteiger charge is 2.34. The molecule has 0 saturated carbocycles. The van der Waals surface area contributed by atoms with Gasteiger partial charge in [0.25, 0.3) is 0 Å². The van der Waals surface area contributed by atoms with E-state index in [1.807, 2.05) is 16.7 Å². The molecule has 3 aromatic rings. The second-order valence-electron chi connectivity index (χ2n) is 8.27. The van der Waals surface area contributed by atoms with E-state index in [0.29, 0.717) is 23.7 Å². The Labute approximate surface area is 167 Å². The van der Waals surface area contributed by atoms with Crippen LogP contribution in [-0.2, 0) is 6.42 Å². The molecule has 0 spiro atoms. The number of H-pyrrole nitrogens is 1. The number of fused-ring (bicyclic) bond motifs is 3. The molecule has 4 rings (SSSR count). The second-order valence-corrected chi connectivity index (χ2v) is 8.27. The molecule has 0 aliphatic carbocycles. The number of rotatable bonds is 3. The number of aromatic carboxylic acids is 1. The maximum absolute atomic E-state index is 12.5. The monoisotopic (exact) mass is 394 g/mol. The molecule has 3 heterocycles. The number of methoxy groups -OCH3 is 1. The summed E-state index contributed by atoms with van der Waals surface area (Å²) in [5.74, 6) is -0.110. The minimum Gasteiger partial charge on any atom is -0.496 e. The first-order valence-electron chi connectivity index (χ1n) is 9.27. The Kier molecular flexibility index (Phi) is 4.29. The number of ether oxygens (including phenoxy) is 1. The first-order valence-corrected chi connectivity index (χ1v) is 9.27. The fourth-order valence-electron chi connectivity index (χ4n) is 3.93. The van der Waals surface area contributed by atoms with Crippen molar-refractivity contribution >= 4 is 5.97 Å². The quantitative estimate of drug-likeness (QED) is 0.706. The van der Waals surface area contributed by atoms with Gasteiger partial charge in [-0.1, -0.05) is 20.8 Å². The van der Waals surface area contributed by atoms with Crippen molar-refractivity contribution in [3.05, 3.63) is 52.1 Å². The molecule has 1 aliphatic rings. The summed E-state index contributed by atoms with van der Waals surface area (Å²) in [5.41, 5.74) is 2.42. The van der Waals surface area contributed by atoms with E-state index in [1.54, 1.807) is 7.11 Å². The summed E-state index contributed by atoms with van der Waals surface area (Å²) in [5, 5.41) is 16.3. The normalized spacial score (nSPS) is 15.5. The fraction of sp³-hybridized carbons (Fsp3) is 0.333. The summed E-state index contributed by atoms with van der Waals surface area (Å²) < 4.78 is 7.48. The van der Waals surface area contributed by atoms with Crippen LogP contribution in [0.25, 0.3) is 22.6 Å². The van der Waals surface area contributed by atoms with Gasteiger partial charge in [-0.25, -0.2) is 9.78 Å². The van der Waals surface area contributed by atoms with Gasteiger partial charge < -0.3 is 14.4 Å². The summed E-state index contributed by atoms with van der Waals surface area (Å²) in [4.78, 5) is 28.2. The van der Waals surface area contributed by atoms with Gasteiger partial charge in [-0.15, -0.1) is 0 Å². The number of hydrogen-bond acceptors (Lipinski definition) is 5.